The Morgan fingerprint density at radius 3 is 1.88 bits per heavy atom. The molecule has 0 amide bonds. The van der Waals surface area contributed by atoms with Gasteiger partial charge in [-0.3, -0.25) is 0 Å². The molecule has 0 aromatic carbocycles. The zero-order chi connectivity index (χ0) is 12.6. The highest BCUT2D eigenvalue weighted by molar-refractivity contribution is 4.72. The fourth-order valence-electron chi connectivity index (χ4n) is 1.89. The summed E-state index contributed by atoms with van der Waals surface area (Å²) in [5.41, 5.74) is 0. The summed E-state index contributed by atoms with van der Waals surface area (Å²) in [6, 6.07) is 0. The van der Waals surface area contributed by atoms with Crippen molar-refractivity contribution in [2.24, 2.45) is 0 Å². The molecule has 0 atom stereocenters. The number of allylic oxidation sites excluding steroid dienone is 1. The van der Waals surface area contributed by atoms with Gasteiger partial charge in [0.05, 0.1) is 12.9 Å². The topological polar surface area (TPSA) is 9.23 Å². The molecular formula is C16H32O. The fourth-order valence-corrected chi connectivity index (χ4v) is 1.89. The Balaban J connectivity index is 2.96. The lowest BCUT2D eigenvalue weighted by Crippen LogP contribution is -1.83. The molecule has 1 heteroatoms. The monoisotopic (exact) mass is 240 g/mol. The maximum absolute atomic E-state index is 5.28. The van der Waals surface area contributed by atoms with Gasteiger partial charge in [-0.2, -0.15) is 0 Å². The third-order valence-corrected chi connectivity index (χ3v) is 2.99. The number of hydrogen-bond acceptors (Lipinski definition) is 1. The molecular weight excluding hydrogens is 208 g/mol. The molecule has 0 aromatic heterocycles. The van der Waals surface area contributed by atoms with E-state index in [1.165, 1.54) is 64.2 Å². The molecule has 0 aliphatic carbocycles. The van der Waals surface area contributed by atoms with Crippen molar-refractivity contribution in [3.05, 3.63) is 12.3 Å². The molecule has 0 fully saturated rings. The van der Waals surface area contributed by atoms with E-state index in [9.17, 15) is 0 Å². The minimum Gasteiger partial charge on any atom is -0.502 e. The Morgan fingerprint density at radius 2 is 1.29 bits per heavy atom. The van der Waals surface area contributed by atoms with Gasteiger partial charge in [0.2, 0.25) is 0 Å². The third-order valence-electron chi connectivity index (χ3n) is 2.99. The Labute approximate surface area is 109 Å². The molecule has 17 heavy (non-hydrogen) atoms. The van der Waals surface area contributed by atoms with Crippen LogP contribution in [0.25, 0.3) is 0 Å². The third kappa shape index (κ3) is 15.5. The second-order valence-corrected chi connectivity index (χ2v) is 4.86. The zero-order valence-electron chi connectivity index (χ0n) is 12.0. The molecule has 0 aromatic rings. The van der Waals surface area contributed by atoms with E-state index in [4.69, 9.17) is 4.74 Å². The summed E-state index contributed by atoms with van der Waals surface area (Å²) in [6.45, 7) is 5.26. The van der Waals surface area contributed by atoms with Crippen LogP contribution in [-0.2, 0) is 4.74 Å². The predicted molar refractivity (Wildman–Crippen MR) is 77.2 cm³/mol. The normalized spacial score (nSPS) is 11.2. The lowest BCUT2D eigenvalue weighted by Gasteiger charge is -2.00. The molecule has 0 aliphatic heterocycles. The summed E-state index contributed by atoms with van der Waals surface area (Å²) in [6.07, 6.45) is 19.0. The van der Waals surface area contributed by atoms with E-state index in [-0.39, 0.29) is 0 Å². The van der Waals surface area contributed by atoms with E-state index in [0.29, 0.717) is 0 Å². The van der Waals surface area contributed by atoms with Crippen LogP contribution in [0.15, 0.2) is 12.3 Å². The molecule has 0 saturated heterocycles. The molecule has 0 saturated carbocycles. The van der Waals surface area contributed by atoms with Gasteiger partial charge in [-0.1, -0.05) is 65.2 Å². The SMILES string of the molecule is CCCCCCCCCCCC=COCCC. The van der Waals surface area contributed by atoms with Crippen LogP contribution in [0, 0.1) is 0 Å². The highest BCUT2D eigenvalue weighted by Gasteiger charge is 1.91. The van der Waals surface area contributed by atoms with Gasteiger partial charge in [-0.25, -0.2) is 0 Å². The Bertz CT molecular complexity index is 152. The van der Waals surface area contributed by atoms with E-state index in [1.54, 1.807) is 0 Å². The predicted octanol–water partition coefficient (Wildman–Crippen LogP) is 5.85. The van der Waals surface area contributed by atoms with Crippen LogP contribution >= 0.6 is 0 Å². The minimum atomic E-state index is 0.855. The van der Waals surface area contributed by atoms with Crippen molar-refractivity contribution in [3.63, 3.8) is 0 Å². The molecule has 0 aliphatic rings. The maximum Gasteiger partial charge on any atom is 0.0870 e. The molecule has 0 bridgehead atoms. The van der Waals surface area contributed by atoms with Gasteiger partial charge in [0.1, 0.15) is 0 Å². The molecule has 0 N–H and O–H groups in total. The number of unbranched alkanes of at least 4 members (excludes halogenated alkanes) is 9. The quantitative estimate of drug-likeness (QED) is 0.290. The maximum atomic E-state index is 5.28. The van der Waals surface area contributed by atoms with Gasteiger partial charge in [0.15, 0.2) is 0 Å². The van der Waals surface area contributed by atoms with Crippen LogP contribution in [0.4, 0.5) is 0 Å². The largest absolute Gasteiger partial charge is 0.502 e. The lowest BCUT2D eigenvalue weighted by atomic mass is 10.1. The highest BCUT2D eigenvalue weighted by atomic mass is 16.5. The van der Waals surface area contributed by atoms with Gasteiger partial charge >= 0.3 is 0 Å². The lowest BCUT2D eigenvalue weighted by molar-refractivity contribution is 0.248. The van der Waals surface area contributed by atoms with Gasteiger partial charge in [-0.15, -0.1) is 0 Å². The molecule has 102 valence electrons. The average Bonchev–Trinajstić information content (AvgIpc) is 2.35. The van der Waals surface area contributed by atoms with Crippen molar-refractivity contribution in [2.75, 3.05) is 6.61 Å². The summed E-state index contributed by atoms with van der Waals surface area (Å²) >= 11 is 0. The number of ether oxygens (including phenoxy) is 1. The Morgan fingerprint density at radius 1 is 0.706 bits per heavy atom. The van der Waals surface area contributed by atoms with Crippen LogP contribution in [0.5, 0.6) is 0 Å². The van der Waals surface area contributed by atoms with Crippen molar-refractivity contribution < 1.29 is 4.74 Å². The summed E-state index contributed by atoms with van der Waals surface area (Å²) in [5.74, 6) is 0. The van der Waals surface area contributed by atoms with Crippen molar-refractivity contribution in [1.82, 2.24) is 0 Å². The Kier molecular flexibility index (Phi) is 15.1. The van der Waals surface area contributed by atoms with Crippen molar-refractivity contribution in [2.45, 2.75) is 84.5 Å². The molecule has 0 rings (SSSR count). The summed E-state index contributed by atoms with van der Waals surface area (Å²) in [4.78, 5) is 0. The van der Waals surface area contributed by atoms with Crippen molar-refractivity contribution in [1.29, 1.82) is 0 Å². The number of hydrogen-bond donors (Lipinski definition) is 0. The van der Waals surface area contributed by atoms with Crippen LogP contribution in [-0.4, -0.2) is 6.61 Å². The van der Waals surface area contributed by atoms with Crippen LogP contribution < -0.4 is 0 Å². The second kappa shape index (κ2) is 15.5. The first-order chi connectivity index (χ1) is 8.41. The smallest absolute Gasteiger partial charge is 0.0870 e. The summed E-state index contributed by atoms with van der Waals surface area (Å²) in [5, 5.41) is 0. The molecule has 0 spiro atoms. The molecule has 0 unspecified atom stereocenters. The second-order valence-electron chi connectivity index (χ2n) is 4.86. The zero-order valence-corrected chi connectivity index (χ0v) is 12.0. The van der Waals surface area contributed by atoms with E-state index < -0.39 is 0 Å². The average molecular weight is 240 g/mol. The fraction of sp³-hybridized carbons (Fsp3) is 0.875. The van der Waals surface area contributed by atoms with E-state index >= 15 is 0 Å². The van der Waals surface area contributed by atoms with Crippen LogP contribution in [0.2, 0.25) is 0 Å². The van der Waals surface area contributed by atoms with Crippen molar-refractivity contribution in [3.8, 4) is 0 Å². The molecule has 0 heterocycles. The first-order valence-electron chi connectivity index (χ1n) is 7.68. The van der Waals surface area contributed by atoms with Crippen LogP contribution in [0.3, 0.4) is 0 Å². The number of rotatable bonds is 13. The van der Waals surface area contributed by atoms with Gasteiger partial charge in [0, 0.05) is 0 Å². The molecule has 1 nitrogen and oxygen atoms in total. The standard InChI is InChI=1S/C16H32O/c1-3-5-6-7-8-9-10-11-12-13-14-16-17-15-4-2/h14,16H,3-13,15H2,1-2H3. The summed E-state index contributed by atoms with van der Waals surface area (Å²) < 4.78 is 5.28. The van der Waals surface area contributed by atoms with E-state index in [2.05, 4.69) is 19.9 Å². The molecule has 0 radical (unpaired) electrons. The Hall–Kier alpha value is -0.460. The van der Waals surface area contributed by atoms with Crippen molar-refractivity contribution >= 4 is 0 Å². The van der Waals surface area contributed by atoms with E-state index in [0.717, 1.165) is 13.0 Å². The first-order valence-corrected chi connectivity index (χ1v) is 7.68. The minimum absolute atomic E-state index is 0.855. The van der Waals surface area contributed by atoms with Crippen LogP contribution in [0.1, 0.15) is 84.5 Å². The highest BCUT2D eigenvalue weighted by Crippen LogP contribution is 2.10. The van der Waals surface area contributed by atoms with Gasteiger partial charge in [0.25, 0.3) is 0 Å². The summed E-state index contributed by atoms with van der Waals surface area (Å²) in [7, 11) is 0. The first kappa shape index (κ1) is 16.5. The van der Waals surface area contributed by atoms with E-state index in [1.807, 2.05) is 6.26 Å². The van der Waals surface area contributed by atoms with Gasteiger partial charge < -0.3 is 4.74 Å². The van der Waals surface area contributed by atoms with Gasteiger partial charge in [-0.05, 0) is 25.3 Å².